The van der Waals surface area contributed by atoms with Gasteiger partial charge in [0.15, 0.2) is 0 Å². The minimum absolute atomic E-state index is 0.140. The number of nitrogens with two attached hydrogens (primary N) is 1. The Bertz CT molecular complexity index is 1370. The Labute approximate surface area is 246 Å². The molecule has 4 rings (SSSR count). The molecule has 0 atom stereocenters. The molecule has 0 bridgehead atoms. The van der Waals surface area contributed by atoms with Crippen LogP contribution in [0, 0.1) is 0 Å². The first-order valence-electron chi connectivity index (χ1n) is 12.7. The molecule has 11 nitrogen and oxygen atoms in total. The number of nitrogens with one attached hydrogen (secondary N) is 2. The van der Waals surface area contributed by atoms with Gasteiger partial charge in [0, 0.05) is 17.1 Å². The van der Waals surface area contributed by atoms with Crippen LogP contribution in [0.2, 0.25) is 0 Å². The maximum Gasteiger partial charge on any atom is 0.490 e. The third-order valence-electron chi connectivity index (χ3n) is 5.62. The van der Waals surface area contributed by atoms with Crippen molar-refractivity contribution >= 4 is 34.4 Å². The van der Waals surface area contributed by atoms with Crippen molar-refractivity contribution in [3.8, 4) is 11.5 Å². The summed E-state index contributed by atoms with van der Waals surface area (Å²) >= 11 is 0. The summed E-state index contributed by atoms with van der Waals surface area (Å²) in [6.07, 6.45) is -6.24. The van der Waals surface area contributed by atoms with Gasteiger partial charge in [0.1, 0.15) is 30.0 Å². The Hall–Kier alpha value is -4.80. The molecule has 1 fully saturated rings. The van der Waals surface area contributed by atoms with E-state index in [1.807, 2.05) is 36.4 Å². The number of carbonyl (C=O) groups is 3. The average Bonchev–Trinajstić information content (AvgIpc) is 2.96. The quantitative estimate of drug-likeness (QED) is 0.189. The smallest absolute Gasteiger partial charge is 0.490 e. The van der Waals surface area contributed by atoms with Crippen molar-refractivity contribution in [2.24, 2.45) is 0 Å². The van der Waals surface area contributed by atoms with Crippen molar-refractivity contribution in [2.75, 3.05) is 32.0 Å². The van der Waals surface area contributed by atoms with Crippen LogP contribution in [0.25, 0.3) is 10.8 Å². The van der Waals surface area contributed by atoms with E-state index in [-0.39, 0.29) is 12.0 Å². The van der Waals surface area contributed by atoms with Crippen LogP contribution in [-0.2, 0) is 9.59 Å². The van der Waals surface area contributed by atoms with Crippen molar-refractivity contribution in [2.45, 2.75) is 31.3 Å². The van der Waals surface area contributed by atoms with Gasteiger partial charge in [0.25, 0.3) is 5.91 Å². The number of halogens is 6. The van der Waals surface area contributed by atoms with E-state index in [9.17, 15) is 31.1 Å². The second-order valence-corrected chi connectivity index (χ2v) is 8.88. The summed E-state index contributed by atoms with van der Waals surface area (Å²) in [5.74, 6) is -3.69. The van der Waals surface area contributed by atoms with Crippen molar-refractivity contribution in [1.29, 1.82) is 0 Å². The second kappa shape index (κ2) is 16.2. The molecule has 0 spiro atoms. The minimum Gasteiger partial charge on any atom is -0.492 e. The number of carbonyl (C=O) groups excluding carboxylic acids is 1. The van der Waals surface area contributed by atoms with Crippen molar-refractivity contribution in [3.05, 3.63) is 60.3 Å². The molecule has 0 aliphatic carbocycles. The lowest BCUT2D eigenvalue weighted by Gasteiger charge is -2.23. The van der Waals surface area contributed by atoms with Crippen LogP contribution in [0.1, 0.15) is 23.2 Å². The predicted octanol–water partition coefficient (Wildman–Crippen LogP) is 4.02. The fraction of sp³-hybridized carbons (Fsp3) is 0.333. The summed E-state index contributed by atoms with van der Waals surface area (Å²) < 4.78 is 75.2. The third-order valence-corrected chi connectivity index (χ3v) is 5.62. The molecule has 6 N–H and O–H groups in total. The first kappa shape index (κ1) is 35.4. The first-order chi connectivity index (χ1) is 20.6. The Morgan fingerprint density at radius 2 is 1.45 bits per heavy atom. The lowest BCUT2D eigenvalue weighted by molar-refractivity contribution is -0.193. The van der Waals surface area contributed by atoms with Gasteiger partial charge in [-0.05, 0) is 73.8 Å². The standard InChI is InChI=1S/C23H26N4O3.2C2HF3O2/c24-22-21-15-20(6-1-16(21)7-12-26-22)29-14-13-27-23(28)17-2-4-18(5-3-17)30-19-8-10-25-11-9-19;2*3-2(4,5)1(6)7/h1-7,12,15,19,25H,8-11,13-14H2,(H2,24,26)(H,27,28);2*(H,6,7). The van der Waals surface area contributed by atoms with E-state index >= 15 is 0 Å². The number of fused-ring (bicyclic) bond motifs is 1. The van der Waals surface area contributed by atoms with E-state index in [2.05, 4.69) is 15.6 Å². The zero-order valence-electron chi connectivity index (χ0n) is 22.7. The monoisotopic (exact) mass is 634 g/mol. The molecule has 1 aliphatic heterocycles. The number of carboxylic acid groups (broad SMARTS) is 2. The number of rotatable bonds is 7. The number of aromatic nitrogens is 1. The number of pyridine rings is 1. The molecule has 240 valence electrons. The van der Waals surface area contributed by atoms with Gasteiger partial charge in [0.05, 0.1) is 6.54 Å². The molecule has 1 aromatic heterocycles. The molecular formula is C27H28F6N4O7. The predicted molar refractivity (Wildman–Crippen MR) is 144 cm³/mol. The van der Waals surface area contributed by atoms with E-state index in [0.717, 1.165) is 42.5 Å². The lowest BCUT2D eigenvalue weighted by Crippen LogP contribution is -2.34. The number of anilines is 1. The number of hydrogen-bond acceptors (Lipinski definition) is 8. The minimum atomic E-state index is -5.08. The van der Waals surface area contributed by atoms with E-state index in [1.54, 1.807) is 18.3 Å². The van der Waals surface area contributed by atoms with Crippen LogP contribution in [0.3, 0.4) is 0 Å². The van der Waals surface area contributed by atoms with Gasteiger partial charge in [-0.25, -0.2) is 14.6 Å². The van der Waals surface area contributed by atoms with Crippen LogP contribution < -0.4 is 25.8 Å². The molecule has 2 heterocycles. The van der Waals surface area contributed by atoms with Gasteiger partial charge in [-0.15, -0.1) is 0 Å². The number of amides is 1. The van der Waals surface area contributed by atoms with Gasteiger partial charge in [-0.2, -0.15) is 26.3 Å². The highest BCUT2D eigenvalue weighted by atomic mass is 19.4. The molecular weight excluding hydrogens is 606 g/mol. The number of nitrogens with zero attached hydrogens (tertiary/aromatic N) is 1. The molecule has 3 aromatic rings. The van der Waals surface area contributed by atoms with Crippen LogP contribution >= 0.6 is 0 Å². The number of benzene rings is 2. The number of hydrogen-bond donors (Lipinski definition) is 5. The lowest BCUT2D eigenvalue weighted by atomic mass is 10.1. The van der Waals surface area contributed by atoms with Crippen molar-refractivity contribution < 1.29 is 60.4 Å². The number of alkyl halides is 6. The number of nitrogen functional groups attached to an aromatic ring is 1. The van der Waals surface area contributed by atoms with Crippen LogP contribution in [0.4, 0.5) is 32.2 Å². The third kappa shape index (κ3) is 12.2. The summed E-state index contributed by atoms with van der Waals surface area (Å²) in [5.41, 5.74) is 6.51. The number of piperidine rings is 1. The largest absolute Gasteiger partial charge is 0.492 e. The Morgan fingerprint density at radius 3 is 2.00 bits per heavy atom. The van der Waals surface area contributed by atoms with Crippen LogP contribution in [-0.4, -0.2) is 77.7 Å². The molecule has 0 saturated carbocycles. The van der Waals surface area contributed by atoms with E-state index in [0.29, 0.717) is 30.3 Å². The highest BCUT2D eigenvalue weighted by Crippen LogP contribution is 2.24. The zero-order valence-corrected chi connectivity index (χ0v) is 22.7. The molecule has 2 aromatic carbocycles. The average molecular weight is 635 g/mol. The van der Waals surface area contributed by atoms with Gasteiger partial charge in [-0.1, -0.05) is 6.07 Å². The molecule has 0 unspecified atom stereocenters. The van der Waals surface area contributed by atoms with Crippen molar-refractivity contribution in [1.82, 2.24) is 15.6 Å². The molecule has 0 radical (unpaired) electrons. The van der Waals surface area contributed by atoms with Gasteiger partial charge in [0.2, 0.25) is 0 Å². The maximum atomic E-state index is 12.3. The van der Waals surface area contributed by atoms with Gasteiger partial charge >= 0.3 is 24.3 Å². The Morgan fingerprint density at radius 1 is 0.909 bits per heavy atom. The first-order valence-corrected chi connectivity index (χ1v) is 12.7. The highest BCUT2D eigenvalue weighted by Gasteiger charge is 2.38. The Balaban J connectivity index is 0.000000402. The van der Waals surface area contributed by atoms with Gasteiger partial charge < -0.3 is 36.1 Å². The zero-order chi connectivity index (χ0) is 32.9. The summed E-state index contributed by atoms with van der Waals surface area (Å²) in [7, 11) is 0. The number of ether oxygens (including phenoxy) is 2. The molecule has 17 heteroatoms. The summed E-state index contributed by atoms with van der Waals surface area (Å²) in [6, 6.07) is 14.8. The van der Waals surface area contributed by atoms with E-state index in [4.69, 9.17) is 35.0 Å². The van der Waals surface area contributed by atoms with Crippen LogP contribution in [0.5, 0.6) is 11.5 Å². The normalized spacial score (nSPS) is 13.4. The topological polar surface area (TPSA) is 173 Å². The highest BCUT2D eigenvalue weighted by molar-refractivity contribution is 5.94. The number of carboxylic acids is 2. The fourth-order valence-electron chi connectivity index (χ4n) is 3.49. The number of aliphatic carboxylic acids is 2. The maximum absolute atomic E-state index is 12.3. The van der Waals surface area contributed by atoms with E-state index in [1.165, 1.54) is 0 Å². The second-order valence-electron chi connectivity index (χ2n) is 8.88. The molecule has 1 amide bonds. The summed E-state index contributed by atoms with van der Waals surface area (Å²) in [5, 5.41) is 22.3. The van der Waals surface area contributed by atoms with Gasteiger partial charge in [-0.3, -0.25) is 4.79 Å². The summed E-state index contributed by atoms with van der Waals surface area (Å²) in [6.45, 7) is 2.72. The Kier molecular flexibility index (Phi) is 13.0. The summed E-state index contributed by atoms with van der Waals surface area (Å²) in [4.78, 5) is 34.2. The van der Waals surface area contributed by atoms with E-state index < -0.39 is 24.3 Å². The molecule has 44 heavy (non-hydrogen) atoms. The van der Waals surface area contributed by atoms with Crippen molar-refractivity contribution in [3.63, 3.8) is 0 Å². The molecule has 1 saturated heterocycles. The SMILES string of the molecule is Nc1nccc2ccc(OCCNC(=O)c3ccc(OC4CCNCC4)cc3)cc12.O=C(O)C(F)(F)F.O=C(O)C(F)(F)F. The fourth-order valence-corrected chi connectivity index (χ4v) is 3.49. The van der Waals surface area contributed by atoms with Crippen LogP contribution in [0.15, 0.2) is 54.7 Å². The molecule has 1 aliphatic rings.